The van der Waals surface area contributed by atoms with Crippen LogP contribution in [0.4, 0.5) is 11.4 Å². The topological polar surface area (TPSA) is 47.3 Å². The number of hydrogen-bond donors (Lipinski definition) is 2. The number of benzene rings is 1. The van der Waals surface area contributed by atoms with Gasteiger partial charge in [0.05, 0.1) is 18.0 Å². The van der Waals surface area contributed by atoms with Crippen molar-refractivity contribution in [1.82, 2.24) is 0 Å². The Hall–Kier alpha value is -1.22. The van der Waals surface area contributed by atoms with Crippen LogP contribution in [0.25, 0.3) is 0 Å². The molecular formula is C12H18N2O. The minimum atomic E-state index is 0.630. The molecule has 1 aliphatic heterocycles. The van der Waals surface area contributed by atoms with Gasteiger partial charge < -0.3 is 15.8 Å². The zero-order valence-corrected chi connectivity index (χ0v) is 9.12. The molecule has 0 saturated carbocycles. The van der Waals surface area contributed by atoms with E-state index in [4.69, 9.17) is 10.5 Å². The van der Waals surface area contributed by atoms with Crippen LogP contribution in [0.3, 0.4) is 0 Å². The van der Waals surface area contributed by atoms with Gasteiger partial charge in [0, 0.05) is 19.1 Å². The van der Waals surface area contributed by atoms with E-state index in [1.54, 1.807) is 0 Å². The second-order valence-electron chi connectivity index (χ2n) is 4.20. The lowest BCUT2D eigenvalue weighted by Crippen LogP contribution is -2.14. The van der Waals surface area contributed by atoms with E-state index in [9.17, 15) is 0 Å². The molecule has 0 bridgehead atoms. The van der Waals surface area contributed by atoms with Crippen molar-refractivity contribution < 1.29 is 4.74 Å². The molecule has 0 amide bonds. The number of anilines is 2. The van der Waals surface area contributed by atoms with E-state index in [0.717, 1.165) is 37.6 Å². The lowest BCUT2D eigenvalue weighted by Gasteiger charge is -2.13. The largest absolute Gasteiger partial charge is 0.397 e. The highest BCUT2D eigenvalue weighted by molar-refractivity contribution is 5.66. The Morgan fingerprint density at radius 1 is 1.53 bits per heavy atom. The maximum absolute atomic E-state index is 5.88. The molecule has 0 radical (unpaired) electrons. The second-order valence-corrected chi connectivity index (χ2v) is 4.20. The van der Waals surface area contributed by atoms with Crippen LogP contribution in [0.1, 0.15) is 12.0 Å². The van der Waals surface area contributed by atoms with Gasteiger partial charge in [-0.15, -0.1) is 0 Å². The van der Waals surface area contributed by atoms with E-state index in [1.807, 2.05) is 12.1 Å². The highest BCUT2D eigenvalue weighted by atomic mass is 16.5. The maximum atomic E-state index is 5.88. The predicted octanol–water partition coefficient (Wildman–Crippen LogP) is 2.03. The third-order valence-electron chi connectivity index (χ3n) is 2.81. The molecule has 1 unspecified atom stereocenters. The summed E-state index contributed by atoms with van der Waals surface area (Å²) in [5.41, 5.74) is 8.97. The summed E-state index contributed by atoms with van der Waals surface area (Å²) < 4.78 is 5.33. The molecule has 1 fully saturated rings. The molecule has 0 aromatic heterocycles. The summed E-state index contributed by atoms with van der Waals surface area (Å²) in [5, 5.41) is 3.39. The fourth-order valence-corrected chi connectivity index (χ4v) is 1.82. The number of nitrogen functional groups attached to an aromatic ring is 1. The highest BCUT2D eigenvalue weighted by Gasteiger charge is 2.15. The predicted molar refractivity (Wildman–Crippen MR) is 63.0 cm³/mol. The van der Waals surface area contributed by atoms with Gasteiger partial charge in [-0.2, -0.15) is 0 Å². The molecule has 2 rings (SSSR count). The Morgan fingerprint density at radius 3 is 3.13 bits per heavy atom. The molecular weight excluding hydrogens is 188 g/mol. The van der Waals surface area contributed by atoms with Crippen molar-refractivity contribution in [3.63, 3.8) is 0 Å². The Morgan fingerprint density at radius 2 is 2.40 bits per heavy atom. The molecule has 82 valence electrons. The van der Waals surface area contributed by atoms with Gasteiger partial charge in [-0.05, 0) is 31.0 Å². The van der Waals surface area contributed by atoms with E-state index in [0.29, 0.717) is 5.92 Å². The molecule has 3 N–H and O–H groups in total. The third-order valence-corrected chi connectivity index (χ3v) is 2.81. The zero-order valence-electron chi connectivity index (χ0n) is 9.12. The van der Waals surface area contributed by atoms with Crippen LogP contribution < -0.4 is 11.1 Å². The average molecular weight is 206 g/mol. The van der Waals surface area contributed by atoms with Gasteiger partial charge in [0.15, 0.2) is 0 Å². The first-order valence-electron chi connectivity index (χ1n) is 5.43. The molecule has 1 atom stereocenters. The Bertz CT molecular complexity index is 332. The minimum Gasteiger partial charge on any atom is -0.397 e. The van der Waals surface area contributed by atoms with Gasteiger partial charge in [0.1, 0.15) is 0 Å². The number of hydrogen-bond acceptors (Lipinski definition) is 3. The van der Waals surface area contributed by atoms with Crippen LogP contribution in [0.5, 0.6) is 0 Å². The van der Waals surface area contributed by atoms with Gasteiger partial charge in [-0.1, -0.05) is 6.07 Å². The van der Waals surface area contributed by atoms with Crippen molar-refractivity contribution in [3.8, 4) is 0 Å². The SMILES string of the molecule is Cc1ccc(N)c(NCC2CCOC2)c1. The fourth-order valence-electron chi connectivity index (χ4n) is 1.82. The maximum Gasteiger partial charge on any atom is 0.0576 e. The van der Waals surface area contributed by atoms with Crippen molar-refractivity contribution in [1.29, 1.82) is 0 Å². The summed E-state index contributed by atoms with van der Waals surface area (Å²) >= 11 is 0. The molecule has 15 heavy (non-hydrogen) atoms. The van der Waals surface area contributed by atoms with Crippen molar-refractivity contribution >= 4 is 11.4 Å². The Labute approximate surface area is 90.6 Å². The lowest BCUT2D eigenvalue weighted by molar-refractivity contribution is 0.187. The molecule has 1 aromatic rings. The number of nitrogens with two attached hydrogens (primary N) is 1. The standard InChI is InChI=1S/C12H18N2O/c1-9-2-3-11(13)12(6-9)14-7-10-4-5-15-8-10/h2-3,6,10,14H,4-5,7-8,13H2,1H3. The first-order chi connectivity index (χ1) is 7.25. The van der Waals surface area contributed by atoms with Gasteiger partial charge in [0.25, 0.3) is 0 Å². The van der Waals surface area contributed by atoms with E-state index >= 15 is 0 Å². The molecule has 1 aromatic carbocycles. The first-order valence-corrected chi connectivity index (χ1v) is 5.43. The van der Waals surface area contributed by atoms with Gasteiger partial charge in [-0.25, -0.2) is 0 Å². The summed E-state index contributed by atoms with van der Waals surface area (Å²) in [6.07, 6.45) is 1.15. The molecule has 3 heteroatoms. The second kappa shape index (κ2) is 4.53. The van der Waals surface area contributed by atoms with Crippen LogP contribution in [0.2, 0.25) is 0 Å². The number of rotatable bonds is 3. The quantitative estimate of drug-likeness (QED) is 0.744. The van der Waals surface area contributed by atoms with Crippen molar-refractivity contribution in [2.45, 2.75) is 13.3 Å². The summed E-state index contributed by atoms with van der Waals surface area (Å²) in [4.78, 5) is 0. The monoisotopic (exact) mass is 206 g/mol. The van der Waals surface area contributed by atoms with E-state index in [-0.39, 0.29) is 0 Å². The fraction of sp³-hybridized carbons (Fsp3) is 0.500. The first kappa shape index (κ1) is 10.3. The third kappa shape index (κ3) is 2.63. The van der Waals surface area contributed by atoms with Crippen LogP contribution in [-0.4, -0.2) is 19.8 Å². The van der Waals surface area contributed by atoms with Crippen molar-refractivity contribution in [2.75, 3.05) is 30.8 Å². The highest BCUT2D eigenvalue weighted by Crippen LogP contribution is 2.21. The summed E-state index contributed by atoms with van der Waals surface area (Å²) in [5.74, 6) is 0.630. The van der Waals surface area contributed by atoms with Gasteiger partial charge >= 0.3 is 0 Å². The van der Waals surface area contributed by atoms with E-state index in [1.165, 1.54) is 5.56 Å². The zero-order chi connectivity index (χ0) is 10.7. The van der Waals surface area contributed by atoms with Crippen molar-refractivity contribution in [3.05, 3.63) is 23.8 Å². The smallest absolute Gasteiger partial charge is 0.0576 e. The summed E-state index contributed by atoms with van der Waals surface area (Å²) in [6, 6.07) is 6.06. The minimum absolute atomic E-state index is 0.630. The number of ether oxygens (including phenoxy) is 1. The number of nitrogens with one attached hydrogen (secondary N) is 1. The molecule has 3 nitrogen and oxygen atoms in total. The van der Waals surface area contributed by atoms with Crippen molar-refractivity contribution in [2.24, 2.45) is 5.92 Å². The molecule has 0 spiro atoms. The van der Waals surface area contributed by atoms with E-state index in [2.05, 4.69) is 18.3 Å². The van der Waals surface area contributed by atoms with Crippen LogP contribution >= 0.6 is 0 Å². The van der Waals surface area contributed by atoms with E-state index < -0.39 is 0 Å². The summed E-state index contributed by atoms with van der Waals surface area (Å²) in [7, 11) is 0. The molecule has 1 saturated heterocycles. The van der Waals surface area contributed by atoms with Crippen LogP contribution in [0, 0.1) is 12.8 Å². The van der Waals surface area contributed by atoms with Gasteiger partial charge in [0.2, 0.25) is 0 Å². The Kier molecular flexibility index (Phi) is 3.11. The summed E-state index contributed by atoms with van der Waals surface area (Å²) in [6.45, 7) is 4.80. The lowest BCUT2D eigenvalue weighted by atomic mass is 10.1. The molecule has 0 aliphatic carbocycles. The molecule has 1 heterocycles. The van der Waals surface area contributed by atoms with Gasteiger partial charge in [-0.3, -0.25) is 0 Å². The molecule has 1 aliphatic rings. The van der Waals surface area contributed by atoms with Crippen LogP contribution in [-0.2, 0) is 4.74 Å². The van der Waals surface area contributed by atoms with Crippen LogP contribution in [0.15, 0.2) is 18.2 Å². The normalized spacial score (nSPS) is 20.5. The Balaban J connectivity index is 1.94. The number of aryl methyl sites for hydroxylation is 1. The average Bonchev–Trinajstić information content (AvgIpc) is 2.72.